The van der Waals surface area contributed by atoms with Crippen LogP contribution in [0.15, 0.2) is 10.5 Å². The van der Waals surface area contributed by atoms with Gasteiger partial charge in [-0.1, -0.05) is 6.42 Å². The lowest BCUT2D eigenvalue weighted by molar-refractivity contribution is 0.0644. The number of aromatic carboxylic acids is 1. The normalized spacial score (nSPS) is 25.3. The number of hydrogen-bond acceptors (Lipinski definition) is 3. The van der Waals surface area contributed by atoms with Gasteiger partial charge >= 0.3 is 5.97 Å². The maximum atomic E-state index is 10.9. The first-order valence-corrected chi connectivity index (χ1v) is 6.57. The molecule has 0 bridgehead atoms. The second-order valence-electron chi connectivity index (χ2n) is 5.33. The third kappa shape index (κ3) is 2.58. The highest BCUT2D eigenvalue weighted by molar-refractivity contribution is 5.86. The third-order valence-electron chi connectivity index (χ3n) is 3.88. The summed E-state index contributed by atoms with van der Waals surface area (Å²) in [6.07, 6.45) is 3.68. The van der Waals surface area contributed by atoms with Gasteiger partial charge in [0.25, 0.3) is 0 Å². The van der Waals surface area contributed by atoms with Crippen molar-refractivity contribution >= 4 is 5.97 Å². The smallest absolute Gasteiger partial charge is 0.372 e. The van der Waals surface area contributed by atoms with Crippen LogP contribution in [0.4, 0.5) is 0 Å². The van der Waals surface area contributed by atoms with Gasteiger partial charge in [-0.25, -0.2) is 4.79 Å². The molecule has 0 aromatic carbocycles. The summed E-state index contributed by atoms with van der Waals surface area (Å²) >= 11 is 0. The lowest BCUT2D eigenvalue weighted by Gasteiger charge is -2.38. The Balaban J connectivity index is 2.13. The molecule has 1 saturated heterocycles. The molecule has 1 fully saturated rings. The molecule has 1 aliphatic heterocycles. The Bertz CT molecular complexity index is 428. The Kier molecular flexibility index (Phi) is 3.76. The van der Waals surface area contributed by atoms with E-state index in [0.717, 1.165) is 5.76 Å². The number of likely N-dealkylation sites (tertiary alicyclic amines) is 1. The zero-order valence-electron chi connectivity index (χ0n) is 11.3. The minimum absolute atomic E-state index is 0.0716. The van der Waals surface area contributed by atoms with E-state index in [1.165, 1.54) is 19.3 Å². The van der Waals surface area contributed by atoms with E-state index in [1.807, 2.05) is 6.07 Å². The quantitative estimate of drug-likeness (QED) is 0.897. The second kappa shape index (κ2) is 5.14. The van der Waals surface area contributed by atoms with Crippen molar-refractivity contribution in [2.24, 2.45) is 0 Å². The molecule has 0 spiro atoms. The van der Waals surface area contributed by atoms with Crippen LogP contribution >= 0.6 is 0 Å². The van der Waals surface area contributed by atoms with Gasteiger partial charge in [0, 0.05) is 17.6 Å². The Hall–Kier alpha value is -1.29. The highest BCUT2D eigenvalue weighted by atomic mass is 16.4. The van der Waals surface area contributed by atoms with Crippen molar-refractivity contribution in [2.45, 2.75) is 58.7 Å². The van der Waals surface area contributed by atoms with Crippen molar-refractivity contribution in [2.75, 3.05) is 0 Å². The fraction of sp³-hybridized carbons (Fsp3) is 0.643. The van der Waals surface area contributed by atoms with Crippen molar-refractivity contribution < 1.29 is 14.3 Å². The molecule has 0 saturated carbocycles. The summed E-state index contributed by atoms with van der Waals surface area (Å²) in [5.74, 6) is -0.161. The van der Waals surface area contributed by atoms with Gasteiger partial charge in [-0.3, -0.25) is 4.90 Å². The van der Waals surface area contributed by atoms with Crippen LogP contribution in [-0.2, 0) is 6.54 Å². The maximum Gasteiger partial charge on any atom is 0.372 e. The summed E-state index contributed by atoms with van der Waals surface area (Å²) in [7, 11) is 0. The Morgan fingerprint density at radius 1 is 1.44 bits per heavy atom. The monoisotopic (exact) mass is 251 g/mol. The van der Waals surface area contributed by atoms with E-state index >= 15 is 0 Å². The molecule has 0 radical (unpaired) electrons. The first kappa shape index (κ1) is 13.1. The van der Waals surface area contributed by atoms with Crippen molar-refractivity contribution in [1.29, 1.82) is 0 Å². The summed E-state index contributed by atoms with van der Waals surface area (Å²) in [5.41, 5.74) is 0.704. The number of furan rings is 1. The van der Waals surface area contributed by atoms with Crippen LogP contribution < -0.4 is 0 Å². The zero-order valence-corrected chi connectivity index (χ0v) is 11.3. The third-order valence-corrected chi connectivity index (χ3v) is 3.88. The SMILES string of the molecule is Cc1cc(CN2[C@H](C)CCC[C@@H]2C)oc1C(=O)O. The highest BCUT2D eigenvalue weighted by Gasteiger charge is 2.26. The van der Waals surface area contributed by atoms with Crippen LogP contribution in [0, 0.1) is 6.92 Å². The number of hydrogen-bond donors (Lipinski definition) is 1. The molecule has 2 atom stereocenters. The van der Waals surface area contributed by atoms with Gasteiger partial charge in [0.05, 0.1) is 6.54 Å². The second-order valence-corrected chi connectivity index (χ2v) is 5.33. The van der Waals surface area contributed by atoms with Crippen LogP contribution in [-0.4, -0.2) is 28.1 Å². The summed E-state index contributed by atoms with van der Waals surface area (Å²) in [6, 6.07) is 2.91. The average Bonchev–Trinajstić information content (AvgIpc) is 2.65. The largest absolute Gasteiger partial charge is 0.475 e. The van der Waals surface area contributed by atoms with Crippen LogP contribution in [0.2, 0.25) is 0 Å². The molecule has 1 N–H and O–H groups in total. The molecule has 4 nitrogen and oxygen atoms in total. The molecule has 100 valence electrons. The van der Waals surface area contributed by atoms with Crippen molar-refractivity contribution in [3.63, 3.8) is 0 Å². The molecule has 0 amide bonds. The summed E-state index contributed by atoms with van der Waals surface area (Å²) in [6.45, 7) is 6.93. The Morgan fingerprint density at radius 3 is 2.56 bits per heavy atom. The van der Waals surface area contributed by atoms with E-state index in [1.54, 1.807) is 6.92 Å². The van der Waals surface area contributed by atoms with E-state index in [9.17, 15) is 4.79 Å². The molecule has 1 aromatic rings. The van der Waals surface area contributed by atoms with E-state index < -0.39 is 5.97 Å². The van der Waals surface area contributed by atoms with Gasteiger partial charge in [0.1, 0.15) is 5.76 Å². The number of carbonyl (C=O) groups is 1. The fourth-order valence-corrected chi connectivity index (χ4v) is 2.80. The van der Waals surface area contributed by atoms with E-state index in [2.05, 4.69) is 18.7 Å². The average molecular weight is 251 g/mol. The minimum Gasteiger partial charge on any atom is -0.475 e. The minimum atomic E-state index is -0.988. The lowest BCUT2D eigenvalue weighted by atomic mass is 9.97. The Morgan fingerprint density at radius 2 is 2.06 bits per heavy atom. The van der Waals surface area contributed by atoms with E-state index in [0.29, 0.717) is 24.2 Å². The maximum absolute atomic E-state index is 10.9. The molecular formula is C14H21NO3. The highest BCUT2D eigenvalue weighted by Crippen LogP contribution is 2.26. The molecular weight excluding hydrogens is 230 g/mol. The summed E-state index contributed by atoms with van der Waals surface area (Å²) in [4.78, 5) is 13.3. The Labute approximate surface area is 108 Å². The van der Waals surface area contributed by atoms with Crippen molar-refractivity contribution in [3.8, 4) is 0 Å². The first-order chi connectivity index (χ1) is 8.49. The van der Waals surface area contributed by atoms with Gasteiger partial charge in [0.15, 0.2) is 0 Å². The number of aryl methyl sites for hydroxylation is 1. The molecule has 2 rings (SSSR count). The molecule has 0 unspecified atom stereocenters. The van der Waals surface area contributed by atoms with Gasteiger partial charge in [-0.2, -0.15) is 0 Å². The lowest BCUT2D eigenvalue weighted by Crippen LogP contribution is -2.42. The van der Waals surface area contributed by atoms with Gasteiger partial charge in [-0.15, -0.1) is 0 Å². The molecule has 18 heavy (non-hydrogen) atoms. The van der Waals surface area contributed by atoms with Crippen LogP contribution in [0.3, 0.4) is 0 Å². The van der Waals surface area contributed by atoms with Gasteiger partial charge in [0.2, 0.25) is 5.76 Å². The number of carboxylic acids is 1. The molecule has 2 heterocycles. The van der Waals surface area contributed by atoms with E-state index in [-0.39, 0.29) is 5.76 Å². The van der Waals surface area contributed by atoms with Crippen LogP contribution in [0.1, 0.15) is 55.0 Å². The molecule has 1 aliphatic rings. The van der Waals surface area contributed by atoms with Crippen LogP contribution in [0.25, 0.3) is 0 Å². The number of carboxylic acid groups (broad SMARTS) is 1. The zero-order chi connectivity index (χ0) is 13.3. The number of nitrogens with zero attached hydrogens (tertiary/aromatic N) is 1. The van der Waals surface area contributed by atoms with Crippen molar-refractivity contribution in [3.05, 3.63) is 23.2 Å². The number of rotatable bonds is 3. The van der Waals surface area contributed by atoms with Gasteiger partial charge < -0.3 is 9.52 Å². The summed E-state index contributed by atoms with van der Waals surface area (Å²) < 4.78 is 5.43. The number of piperidine rings is 1. The predicted octanol–water partition coefficient (Wildman–Crippen LogP) is 3.05. The molecule has 0 aliphatic carbocycles. The van der Waals surface area contributed by atoms with Gasteiger partial charge in [-0.05, 0) is 39.7 Å². The topological polar surface area (TPSA) is 53.7 Å². The summed E-state index contributed by atoms with van der Waals surface area (Å²) in [5, 5.41) is 8.98. The molecule has 4 heteroatoms. The predicted molar refractivity (Wildman–Crippen MR) is 68.7 cm³/mol. The van der Waals surface area contributed by atoms with Crippen LogP contribution in [0.5, 0.6) is 0 Å². The molecule has 1 aromatic heterocycles. The van der Waals surface area contributed by atoms with E-state index in [4.69, 9.17) is 9.52 Å². The standard InChI is InChI=1S/C14H21NO3/c1-9-7-12(18-13(9)14(16)17)8-15-10(2)5-4-6-11(15)3/h7,10-11H,4-6,8H2,1-3H3,(H,16,17)/t10-,11+. The first-order valence-electron chi connectivity index (χ1n) is 6.57. The van der Waals surface area contributed by atoms with Crippen molar-refractivity contribution in [1.82, 2.24) is 4.90 Å². The fourth-order valence-electron chi connectivity index (χ4n) is 2.80.